The number of halogens is 2. The molecule has 0 bridgehead atoms. The first kappa shape index (κ1) is 10.1. The van der Waals surface area contributed by atoms with Gasteiger partial charge in [-0.05, 0) is 40.0 Å². The Morgan fingerprint density at radius 2 is 2.14 bits per heavy atom. The maximum absolute atomic E-state index is 5.73. The molecule has 0 fully saturated rings. The largest absolute Gasteiger partial charge is 0.207 e. The number of rotatable bonds is 1. The van der Waals surface area contributed by atoms with Gasteiger partial charge in [-0.15, -0.1) is 10.2 Å². The molecule has 2 rings (SSSR count). The van der Waals surface area contributed by atoms with Crippen LogP contribution in [-0.4, -0.2) is 10.2 Å². The van der Waals surface area contributed by atoms with Crippen molar-refractivity contribution in [3.8, 4) is 10.6 Å². The van der Waals surface area contributed by atoms with E-state index in [4.69, 9.17) is 11.6 Å². The zero-order valence-corrected chi connectivity index (χ0v) is 10.4. The van der Waals surface area contributed by atoms with E-state index in [-0.39, 0.29) is 0 Å². The second-order valence-electron chi connectivity index (χ2n) is 2.80. The van der Waals surface area contributed by atoms with E-state index < -0.39 is 0 Å². The molecule has 14 heavy (non-hydrogen) atoms. The molecule has 1 aromatic heterocycles. The third-order valence-corrected chi connectivity index (χ3v) is 3.93. The van der Waals surface area contributed by atoms with E-state index in [1.54, 1.807) is 0 Å². The molecule has 0 amide bonds. The summed E-state index contributed by atoms with van der Waals surface area (Å²) in [4.78, 5) is 0. The van der Waals surface area contributed by atoms with E-state index >= 15 is 0 Å². The zero-order chi connectivity index (χ0) is 10.1. The SMILES string of the molecule is Cc1cccc(-c2nnc(Cl)s2)c1Br. The summed E-state index contributed by atoms with van der Waals surface area (Å²) in [7, 11) is 0. The molecule has 0 atom stereocenters. The molecule has 1 heterocycles. The molecule has 0 saturated carbocycles. The molecular formula is C9H6BrClN2S. The third-order valence-electron chi connectivity index (χ3n) is 1.82. The van der Waals surface area contributed by atoms with Crippen LogP contribution in [0.15, 0.2) is 22.7 Å². The van der Waals surface area contributed by atoms with Crippen molar-refractivity contribution in [2.24, 2.45) is 0 Å². The molecule has 0 unspecified atom stereocenters. The van der Waals surface area contributed by atoms with Gasteiger partial charge in [-0.3, -0.25) is 0 Å². The van der Waals surface area contributed by atoms with Crippen LogP contribution in [-0.2, 0) is 0 Å². The highest BCUT2D eigenvalue weighted by molar-refractivity contribution is 9.10. The summed E-state index contributed by atoms with van der Waals surface area (Å²) >= 11 is 10.6. The van der Waals surface area contributed by atoms with Crippen LogP contribution in [0.1, 0.15) is 5.56 Å². The minimum atomic E-state index is 0.466. The molecule has 0 radical (unpaired) electrons. The topological polar surface area (TPSA) is 25.8 Å². The first-order chi connectivity index (χ1) is 6.68. The normalized spacial score (nSPS) is 10.5. The van der Waals surface area contributed by atoms with Crippen LogP contribution >= 0.6 is 38.9 Å². The molecule has 1 aromatic carbocycles. The number of aryl methyl sites for hydroxylation is 1. The fourth-order valence-electron chi connectivity index (χ4n) is 1.13. The Bertz CT molecular complexity index is 470. The summed E-state index contributed by atoms with van der Waals surface area (Å²) in [5.74, 6) is 0. The van der Waals surface area contributed by atoms with Gasteiger partial charge in [0.05, 0.1) is 0 Å². The highest BCUT2D eigenvalue weighted by atomic mass is 79.9. The van der Waals surface area contributed by atoms with Gasteiger partial charge in [0.25, 0.3) is 0 Å². The van der Waals surface area contributed by atoms with E-state index in [1.165, 1.54) is 16.9 Å². The summed E-state index contributed by atoms with van der Waals surface area (Å²) in [6.45, 7) is 2.04. The number of benzene rings is 1. The highest BCUT2D eigenvalue weighted by Gasteiger charge is 2.09. The fraction of sp³-hybridized carbons (Fsp3) is 0.111. The maximum atomic E-state index is 5.73. The predicted molar refractivity (Wildman–Crippen MR) is 62.8 cm³/mol. The summed E-state index contributed by atoms with van der Waals surface area (Å²) in [6, 6.07) is 6.02. The van der Waals surface area contributed by atoms with Gasteiger partial charge >= 0.3 is 0 Å². The van der Waals surface area contributed by atoms with Crippen molar-refractivity contribution in [2.45, 2.75) is 6.92 Å². The van der Waals surface area contributed by atoms with Crippen molar-refractivity contribution in [2.75, 3.05) is 0 Å². The highest BCUT2D eigenvalue weighted by Crippen LogP contribution is 2.33. The van der Waals surface area contributed by atoms with Crippen LogP contribution < -0.4 is 0 Å². The number of hydrogen-bond acceptors (Lipinski definition) is 3. The van der Waals surface area contributed by atoms with Gasteiger partial charge in [-0.25, -0.2) is 0 Å². The molecular weight excluding hydrogens is 284 g/mol. The third kappa shape index (κ3) is 1.82. The van der Waals surface area contributed by atoms with Gasteiger partial charge in [0.1, 0.15) is 5.01 Å². The van der Waals surface area contributed by atoms with Crippen LogP contribution in [0.2, 0.25) is 4.47 Å². The summed E-state index contributed by atoms with van der Waals surface area (Å²) in [5.41, 5.74) is 2.21. The molecule has 0 N–H and O–H groups in total. The van der Waals surface area contributed by atoms with Crippen molar-refractivity contribution in [3.63, 3.8) is 0 Å². The molecule has 5 heteroatoms. The minimum Gasteiger partial charge on any atom is -0.137 e. The average Bonchev–Trinajstić information content (AvgIpc) is 2.57. The smallest absolute Gasteiger partial charge is 0.137 e. The Hall–Kier alpha value is -0.450. The lowest BCUT2D eigenvalue weighted by Crippen LogP contribution is -1.82. The van der Waals surface area contributed by atoms with Crippen LogP contribution in [0.4, 0.5) is 0 Å². The van der Waals surface area contributed by atoms with Crippen LogP contribution in [0.25, 0.3) is 10.6 Å². The molecule has 2 aromatic rings. The van der Waals surface area contributed by atoms with Crippen molar-refractivity contribution < 1.29 is 0 Å². The fourth-order valence-corrected chi connectivity index (χ4v) is 2.57. The Morgan fingerprint density at radius 3 is 2.79 bits per heavy atom. The molecule has 0 aliphatic rings. The van der Waals surface area contributed by atoms with Crippen molar-refractivity contribution in [1.29, 1.82) is 0 Å². The second-order valence-corrected chi connectivity index (χ2v) is 5.15. The molecule has 72 valence electrons. The Kier molecular flexibility index (Phi) is 2.85. The zero-order valence-electron chi connectivity index (χ0n) is 7.29. The lowest BCUT2D eigenvalue weighted by Gasteiger charge is -2.02. The summed E-state index contributed by atoms with van der Waals surface area (Å²) in [6.07, 6.45) is 0. The Labute approximate surface area is 99.1 Å². The number of nitrogens with zero attached hydrogens (tertiary/aromatic N) is 2. The van der Waals surface area contributed by atoms with E-state index in [1.807, 2.05) is 25.1 Å². The standard InChI is InChI=1S/C9H6BrClN2S/c1-5-3-2-4-6(7(5)10)8-12-13-9(11)14-8/h2-4H,1H3. The van der Waals surface area contributed by atoms with Crippen LogP contribution in [0, 0.1) is 6.92 Å². The predicted octanol–water partition coefficient (Wildman–Crippen LogP) is 3.93. The van der Waals surface area contributed by atoms with Gasteiger partial charge in [0, 0.05) is 10.0 Å². The minimum absolute atomic E-state index is 0.466. The lowest BCUT2D eigenvalue weighted by atomic mass is 10.1. The first-order valence-corrected chi connectivity index (χ1v) is 5.91. The van der Waals surface area contributed by atoms with Gasteiger partial charge in [-0.1, -0.05) is 29.5 Å². The molecule has 0 aliphatic carbocycles. The second kappa shape index (κ2) is 3.96. The summed E-state index contributed by atoms with van der Waals surface area (Å²) < 4.78 is 1.52. The van der Waals surface area contributed by atoms with E-state index in [2.05, 4.69) is 26.1 Å². The van der Waals surface area contributed by atoms with Gasteiger partial charge < -0.3 is 0 Å². The van der Waals surface area contributed by atoms with Crippen molar-refractivity contribution in [1.82, 2.24) is 10.2 Å². The van der Waals surface area contributed by atoms with E-state index in [0.29, 0.717) is 4.47 Å². The first-order valence-electron chi connectivity index (χ1n) is 3.93. The van der Waals surface area contributed by atoms with E-state index in [9.17, 15) is 0 Å². The number of hydrogen-bond donors (Lipinski definition) is 0. The molecule has 2 nitrogen and oxygen atoms in total. The quantitative estimate of drug-likeness (QED) is 0.795. The van der Waals surface area contributed by atoms with Crippen molar-refractivity contribution >= 4 is 38.9 Å². The summed E-state index contributed by atoms with van der Waals surface area (Å²) in [5, 5.41) is 8.61. The molecule has 0 spiro atoms. The average molecular weight is 290 g/mol. The van der Waals surface area contributed by atoms with Gasteiger partial charge in [0.2, 0.25) is 4.47 Å². The maximum Gasteiger partial charge on any atom is 0.207 e. The van der Waals surface area contributed by atoms with Crippen molar-refractivity contribution in [3.05, 3.63) is 32.7 Å². The van der Waals surface area contributed by atoms with Crippen LogP contribution in [0.3, 0.4) is 0 Å². The van der Waals surface area contributed by atoms with Gasteiger partial charge in [-0.2, -0.15) is 0 Å². The van der Waals surface area contributed by atoms with E-state index in [0.717, 1.165) is 15.0 Å². The van der Waals surface area contributed by atoms with Crippen LogP contribution in [0.5, 0.6) is 0 Å². The molecule has 0 aliphatic heterocycles. The number of aromatic nitrogens is 2. The Balaban J connectivity index is 2.57. The van der Waals surface area contributed by atoms with Gasteiger partial charge in [0.15, 0.2) is 0 Å². The molecule has 0 saturated heterocycles. The Morgan fingerprint density at radius 1 is 1.36 bits per heavy atom. The lowest BCUT2D eigenvalue weighted by molar-refractivity contribution is 1.09. The monoisotopic (exact) mass is 288 g/mol.